The smallest absolute Gasteiger partial charge is 0.252 e. The summed E-state index contributed by atoms with van der Waals surface area (Å²) in [5.41, 5.74) is 3.16. The summed E-state index contributed by atoms with van der Waals surface area (Å²) in [6, 6.07) is 4.18. The number of hydrogen-bond donors (Lipinski definition) is 1. The number of fused-ring (bicyclic) bond motifs is 1. The lowest BCUT2D eigenvalue weighted by molar-refractivity contribution is 0.0947. The van der Waals surface area contributed by atoms with E-state index in [-0.39, 0.29) is 11.9 Å². The third-order valence-electron chi connectivity index (χ3n) is 4.66. The van der Waals surface area contributed by atoms with Crippen molar-refractivity contribution in [2.45, 2.75) is 25.6 Å². The minimum Gasteiger partial charge on any atom is -0.352 e. The molecule has 4 rings (SSSR count). The van der Waals surface area contributed by atoms with Crippen LogP contribution in [0.3, 0.4) is 0 Å². The van der Waals surface area contributed by atoms with Crippen molar-refractivity contribution in [3.63, 3.8) is 0 Å². The Hall–Kier alpha value is -2.45. The summed E-state index contributed by atoms with van der Waals surface area (Å²) >= 11 is 1.54. The topological polar surface area (TPSA) is 68.0 Å². The van der Waals surface area contributed by atoms with E-state index in [1.165, 1.54) is 22.6 Å². The summed E-state index contributed by atoms with van der Waals surface area (Å²) in [5.74, 6) is -0.00466. The average molecular weight is 370 g/mol. The lowest BCUT2D eigenvalue weighted by Gasteiger charge is -2.33. The third kappa shape index (κ3) is 3.71. The molecule has 1 N–H and O–H groups in total. The van der Waals surface area contributed by atoms with Crippen molar-refractivity contribution in [2.75, 3.05) is 13.1 Å². The number of aromatic nitrogens is 4. The predicted octanol–water partition coefficient (Wildman–Crippen LogP) is 2.06. The summed E-state index contributed by atoms with van der Waals surface area (Å²) in [6.07, 6.45) is 6.69. The van der Waals surface area contributed by atoms with Crippen LogP contribution in [0.2, 0.25) is 0 Å². The Bertz CT molecular complexity index is 868. The first-order valence-electron chi connectivity index (χ1n) is 8.72. The average Bonchev–Trinajstić information content (AvgIpc) is 3.36. The zero-order valence-corrected chi connectivity index (χ0v) is 15.5. The number of carbonyl (C=O) groups is 1. The van der Waals surface area contributed by atoms with Gasteiger partial charge in [-0.2, -0.15) is 21.5 Å². The van der Waals surface area contributed by atoms with Gasteiger partial charge in [0.25, 0.3) is 5.91 Å². The van der Waals surface area contributed by atoms with E-state index < -0.39 is 0 Å². The molecule has 0 aliphatic carbocycles. The highest BCUT2D eigenvalue weighted by Crippen LogP contribution is 2.24. The van der Waals surface area contributed by atoms with Crippen LogP contribution in [0.25, 0.3) is 0 Å². The molecule has 1 unspecified atom stereocenters. The first-order chi connectivity index (χ1) is 12.7. The van der Waals surface area contributed by atoms with Gasteiger partial charge in [0.2, 0.25) is 0 Å². The van der Waals surface area contributed by atoms with Gasteiger partial charge in [-0.15, -0.1) is 0 Å². The molecule has 8 heteroatoms. The number of aryl methyl sites for hydroxylation is 1. The van der Waals surface area contributed by atoms with Gasteiger partial charge in [0.1, 0.15) is 0 Å². The summed E-state index contributed by atoms with van der Waals surface area (Å²) in [4.78, 5) is 14.5. The van der Waals surface area contributed by atoms with Crippen LogP contribution in [0, 0.1) is 0 Å². The molecule has 4 heterocycles. The Morgan fingerprint density at radius 1 is 1.38 bits per heavy atom. The van der Waals surface area contributed by atoms with Gasteiger partial charge in [0.05, 0.1) is 17.9 Å². The second-order valence-electron chi connectivity index (χ2n) is 6.67. The van der Waals surface area contributed by atoms with E-state index in [4.69, 9.17) is 0 Å². The first-order valence-corrected chi connectivity index (χ1v) is 9.66. The molecule has 0 fully saturated rings. The molecule has 26 heavy (non-hydrogen) atoms. The molecule has 0 saturated heterocycles. The second kappa shape index (κ2) is 7.43. The lowest BCUT2D eigenvalue weighted by Crippen LogP contribution is -2.38. The molecule has 3 aromatic heterocycles. The molecule has 3 aromatic rings. The summed E-state index contributed by atoms with van der Waals surface area (Å²) in [7, 11) is 1.94. The van der Waals surface area contributed by atoms with E-state index in [9.17, 15) is 4.79 Å². The predicted molar refractivity (Wildman–Crippen MR) is 99.9 cm³/mol. The van der Waals surface area contributed by atoms with Gasteiger partial charge in [0, 0.05) is 62.1 Å². The molecule has 1 atom stereocenters. The molecular formula is C18H22N6OS. The molecule has 0 saturated carbocycles. The number of hydrogen-bond acceptors (Lipinski definition) is 5. The van der Waals surface area contributed by atoms with E-state index in [0.29, 0.717) is 6.54 Å². The standard InChI is InChI=1S/C18H22N6OS/c1-22-9-14(8-21-22)10-23-11-16(24-17(12-23)3-6-20-24)2-5-19-18(25)15-4-7-26-13-15/h3-4,6-9,13,16H,2,5,10-12H2,1H3,(H,19,25). The van der Waals surface area contributed by atoms with E-state index in [1.54, 1.807) is 0 Å². The highest BCUT2D eigenvalue weighted by Gasteiger charge is 2.25. The second-order valence-corrected chi connectivity index (χ2v) is 7.45. The van der Waals surface area contributed by atoms with Gasteiger partial charge in [-0.3, -0.25) is 19.1 Å². The van der Waals surface area contributed by atoms with Crippen LogP contribution in [-0.2, 0) is 20.1 Å². The van der Waals surface area contributed by atoms with Gasteiger partial charge in [-0.25, -0.2) is 0 Å². The first kappa shape index (κ1) is 17.0. The molecule has 7 nitrogen and oxygen atoms in total. The van der Waals surface area contributed by atoms with Crippen molar-refractivity contribution in [1.29, 1.82) is 0 Å². The molecule has 1 amide bonds. The summed E-state index contributed by atoms with van der Waals surface area (Å²) < 4.78 is 3.94. The number of thiophene rings is 1. The third-order valence-corrected chi connectivity index (χ3v) is 5.35. The van der Waals surface area contributed by atoms with Crippen molar-refractivity contribution in [3.05, 3.63) is 58.3 Å². The minimum atomic E-state index is -0.00466. The van der Waals surface area contributed by atoms with Crippen LogP contribution in [0.5, 0.6) is 0 Å². The quantitative estimate of drug-likeness (QED) is 0.721. The largest absolute Gasteiger partial charge is 0.352 e. The zero-order valence-electron chi connectivity index (χ0n) is 14.7. The van der Waals surface area contributed by atoms with Crippen molar-refractivity contribution in [1.82, 2.24) is 29.8 Å². The van der Waals surface area contributed by atoms with Crippen molar-refractivity contribution >= 4 is 17.2 Å². The lowest BCUT2D eigenvalue weighted by atomic mass is 10.1. The Balaban J connectivity index is 1.37. The Morgan fingerprint density at radius 3 is 3.08 bits per heavy atom. The van der Waals surface area contributed by atoms with Gasteiger partial charge in [-0.1, -0.05) is 0 Å². The molecule has 0 aromatic carbocycles. The van der Waals surface area contributed by atoms with Crippen molar-refractivity contribution in [3.8, 4) is 0 Å². The highest BCUT2D eigenvalue weighted by molar-refractivity contribution is 7.08. The highest BCUT2D eigenvalue weighted by atomic mass is 32.1. The maximum atomic E-state index is 12.1. The van der Waals surface area contributed by atoms with Gasteiger partial charge < -0.3 is 5.32 Å². The molecule has 0 radical (unpaired) electrons. The summed E-state index contributed by atoms with van der Waals surface area (Å²) in [6.45, 7) is 3.31. The van der Waals surface area contributed by atoms with Crippen LogP contribution in [0.4, 0.5) is 0 Å². The molecule has 0 spiro atoms. The fraction of sp³-hybridized carbons (Fsp3) is 0.389. The fourth-order valence-electron chi connectivity index (χ4n) is 3.46. The van der Waals surface area contributed by atoms with Crippen molar-refractivity contribution in [2.24, 2.45) is 7.05 Å². The van der Waals surface area contributed by atoms with Gasteiger partial charge in [-0.05, 0) is 23.9 Å². The van der Waals surface area contributed by atoms with Crippen LogP contribution in [0.15, 0.2) is 41.5 Å². The summed E-state index contributed by atoms with van der Waals surface area (Å²) in [5, 5.41) is 15.6. The van der Waals surface area contributed by atoms with Gasteiger partial charge >= 0.3 is 0 Å². The van der Waals surface area contributed by atoms with Crippen LogP contribution < -0.4 is 5.32 Å². The Kier molecular flexibility index (Phi) is 4.85. The molecular weight excluding hydrogens is 348 g/mol. The number of nitrogens with zero attached hydrogens (tertiary/aromatic N) is 5. The minimum absolute atomic E-state index is 0.00466. The molecule has 0 bridgehead atoms. The van der Waals surface area contributed by atoms with E-state index in [1.807, 2.05) is 40.9 Å². The maximum absolute atomic E-state index is 12.1. The van der Waals surface area contributed by atoms with Crippen LogP contribution in [-0.4, -0.2) is 43.5 Å². The molecule has 1 aliphatic rings. The number of amides is 1. The zero-order chi connectivity index (χ0) is 17.9. The fourth-order valence-corrected chi connectivity index (χ4v) is 4.09. The Morgan fingerprint density at radius 2 is 2.31 bits per heavy atom. The van der Waals surface area contributed by atoms with Crippen LogP contribution in [0.1, 0.15) is 34.1 Å². The van der Waals surface area contributed by atoms with Crippen molar-refractivity contribution < 1.29 is 4.79 Å². The number of rotatable bonds is 6. The van der Waals surface area contributed by atoms with E-state index in [0.717, 1.165) is 31.6 Å². The normalized spacial score (nSPS) is 17.2. The van der Waals surface area contributed by atoms with E-state index in [2.05, 4.69) is 37.4 Å². The van der Waals surface area contributed by atoms with Crippen LogP contribution >= 0.6 is 11.3 Å². The number of carbonyl (C=O) groups excluding carboxylic acids is 1. The Labute approximate surface area is 156 Å². The molecule has 136 valence electrons. The maximum Gasteiger partial charge on any atom is 0.252 e. The van der Waals surface area contributed by atoms with Gasteiger partial charge in [0.15, 0.2) is 0 Å². The molecule has 1 aliphatic heterocycles. The monoisotopic (exact) mass is 370 g/mol. The van der Waals surface area contributed by atoms with E-state index >= 15 is 0 Å². The SMILES string of the molecule is Cn1cc(CN2Cc3ccnn3C(CCNC(=O)c3ccsc3)C2)cn1. The number of nitrogens with one attached hydrogen (secondary N) is 1.